The summed E-state index contributed by atoms with van der Waals surface area (Å²) in [5.74, 6) is 0.631. The molecule has 1 heterocycles. The SMILES string of the molecule is CCC(CC)NC(=O)c1cccc(OCc2csc(C)n2)c1. The Morgan fingerprint density at radius 3 is 2.77 bits per heavy atom. The highest BCUT2D eigenvalue weighted by molar-refractivity contribution is 7.09. The van der Waals surface area contributed by atoms with Gasteiger partial charge in [-0.3, -0.25) is 4.79 Å². The Bertz CT molecular complexity index is 621. The molecule has 0 bridgehead atoms. The first kappa shape index (κ1) is 16.5. The molecule has 0 spiro atoms. The number of carbonyl (C=O) groups excluding carboxylic acids is 1. The fourth-order valence-corrected chi connectivity index (χ4v) is 2.72. The van der Waals surface area contributed by atoms with Gasteiger partial charge in [0.1, 0.15) is 12.4 Å². The predicted molar refractivity (Wildman–Crippen MR) is 89.5 cm³/mol. The van der Waals surface area contributed by atoms with Gasteiger partial charge in [0.15, 0.2) is 0 Å². The Kier molecular flexibility index (Phi) is 5.95. The fraction of sp³-hybridized carbons (Fsp3) is 0.412. The Labute approximate surface area is 135 Å². The Balaban J connectivity index is 1.98. The standard InChI is InChI=1S/C17H22N2O2S/c1-4-14(5-2)19-17(20)13-7-6-8-16(9-13)21-10-15-11-22-12(3)18-15/h6-9,11,14H,4-5,10H2,1-3H3,(H,19,20). The molecule has 2 rings (SSSR count). The average Bonchev–Trinajstić information content (AvgIpc) is 2.96. The van der Waals surface area contributed by atoms with Crippen LogP contribution in [0, 0.1) is 6.92 Å². The second kappa shape index (κ2) is 7.94. The van der Waals surface area contributed by atoms with Crippen molar-refractivity contribution in [3.63, 3.8) is 0 Å². The molecule has 0 radical (unpaired) electrons. The van der Waals surface area contributed by atoms with E-state index in [4.69, 9.17) is 4.74 Å². The van der Waals surface area contributed by atoms with Gasteiger partial charge in [-0.2, -0.15) is 0 Å². The van der Waals surface area contributed by atoms with Gasteiger partial charge in [0, 0.05) is 17.0 Å². The van der Waals surface area contributed by atoms with Crippen LogP contribution in [0.25, 0.3) is 0 Å². The maximum absolute atomic E-state index is 12.2. The third-order valence-electron chi connectivity index (χ3n) is 3.47. The molecular formula is C17H22N2O2S. The summed E-state index contributed by atoms with van der Waals surface area (Å²) in [7, 11) is 0. The minimum absolute atomic E-state index is 0.0522. The monoisotopic (exact) mass is 318 g/mol. The van der Waals surface area contributed by atoms with E-state index in [1.54, 1.807) is 23.5 Å². The molecule has 22 heavy (non-hydrogen) atoms. The van der Waals surface area contributed by atoms with E-state index in [1.807, 2.05) is 24.4 Å². The summed E-state index contributed by atoms with van der Waals surface area (Å²) in [5, 5.41) is 6.04. The van der Waals surface area contributed by atoms with Crippen molar-refractivity contribution in [1.29, 1.82) is 0 Å². The van der Waals surface area contributed by atoms with E-state index in [1.165, 1.54) is 0 Å². The Morgan fingerprint density at radius 2 is 2.14 bits per heavy atom. The van der Waals surface area contributed by atoms with Crippen LogP contribution in [-0.4, -0.2) is 16.9 Å². The van der Waals surface area contributed by atoms with Gasteiger partial charge in [0.05, 0.1) is 10.7 Å². The zero-order chi connectivity index (χ0) is 15.9. The van der Waals surface area contributed by atoms with E-state index in [9.17, 15) is 4.79 Å². The summed E-state index contributed by atoms with van der Waals surface area (Å²) in [6, 6.07) is 7.49. The van der Waals surface area contributed by atoms with Crippen LogP contribution in [0.1, 0.15) is 47.7 Å². The maximum atomic E-state index is 12.2. The highest BCUT2D eigenvalue weighted by atomic mass is 32.1. The molecule has 0 fully saturated rings. The highest BCUT2D eigenvalue weighted by Crippen LogP contribution is 2.16. The lowest BCUT2D eigenvalue weighted by molar-refractivity contribution is 0.0934. The number of thiazole rings is 1. The molecule has 1 aromatic carbocycles. The molecule has 0 saturated carbocycles. The summed E-state index contributed by atoms with van der Waals surface area (Å²) in [6.07, 6.45) is 1.86. The molecule has 0 aliphatic rings. The summed E-state index contributed by atoms with van der Waals surface area (Å²) in [5.41, 5.74) is 1.54. The first-order valence-corrected chi connectivity index (χ1v) is 8.45. The number of ether oxygens (including phenoxy) is 1. The number of hydrogen-bond acceptors (Lipinski definition) is 4. The molecule has 1 amide bonds. The molecule has 0 aliphatic heterocycles. The number of nitrogens with zero attached hydrogens (tertiary/aromatic N) is 1. The maximum Gasteiger partial charge on any atom is 0.251 e. The van der Waals surface area contributed by atoms with E-state index < -0.39 is 0 Å². The Morgan fingerprint density at radius 1 is 1.36 bits per heavy atom. The van der Waals surface area contributed by atoms with Crippen LogP contribution in [0.4, 0.5) is 0 Å². The van der Waals surface area contributed by atoms with Crippen LogP contribution in [0.3, 0.4) is 0 Å². The van der Waals surface area contributed by atoms with Crippen molar-refractivity contribution in [2.75, 3.05) is 0 Å². The van der Waals surface area contributed by atoms with Gasteiger partial charge >= 0.3 is 0 Å². The molecule has 1 aromatic heterocycles. The zero-order valence-corrected chi connectivity index (χ0v) is 14.1. The van der Waals surface area contributed by atoms with Gasteiger partial charge in [-0.05, 0) is 38.0 Å². The molecule has 118 valence electrons. The molecule has 2 aromatic rings. The number of carbonyl (C=O) groups is 1. The molecule has 0 atom stereocenters. The van der Waals surface area contributed by atoms with Gasteiger partial charge < -0.3 is 10.1 Å². The second-order valence-corrected chi connectivity index (χ2v) is 6.22. The van der Waals surface area contributed by atoms with Crippen LogP contribution in [0.5, 0.6) is 5.75 Å². The topological polar surface area (TPSA) is 51.2 Å². The zero-order valence-electron chi connectivity index (χ0n) is 13.3. The normalized spacial score (nSPS) is 10.7. The minimum Gasteiger partial charge on any atom is -0.487 e. The van der Waals surface area contributed by atoms with Crippen LogP contribution in [-0.2, 0) is 6.61 Å². The summed E-state index contributed by atoms with van der Waals surface area (Å²) < 4.78 is 5.72. The number of nitrogens with one attached hydrogen (secondary N) is 1. The van der Waals surface area contributed by atoms with Crippen molar-refractivity contribution in [3.8, 4) is 5.75 Å². The highest BCUT2D eigenvalue weighted by Gasteiger charge is 2.11. The van der Waals surface area contributed by atoms with Crippen molar-refractivity contribution in [2.45, 2.75) is 46.3 Å². The fourth-order valence-electron chi connectivity index (χ4n) is 2.12. The molecule has 0 saturated heterocycles. The smallest absolute Gasteiger partial charge is 0.251 e. The van der Waals surface area contributed by atoms with Gasteiger partial charge in [0.2, 0.25) is 0 Å². The van der Waals surface area contributed by atoms with Gasteiger partial charge in [-0.1, -0.05) is 19.9 Å². The van der Waals surface area contributed by atoms with Crippen molar-refractivity contribution in [3.05, 3.63) is 45.9 Å². The molecular weight excluding hydrogens is 296 g/mol. The number of aryl methyl sites for hydroxylation is 1. The average molecular weight is 318 g/mol. The lowest BCUT2D eigenvalue weighted by atomic mass is 10.1. The number of aromatic nitrogens is 1. The quantitative estimate of drug-likeness (QED) is 0.841. The van der Waals surface area contributed by atoms with E-state index in [-0.39, 0.29) is 11.9 Å². The van der Waals surface area contributed by atoms with Crippen molar-refractivity contribution < 1.29 is 9.53 Å². The second-order valence-electron chi connectivity index (χ2n) is 5.16. The first-order chi connectivity index (χ1) is 10.6. The summed E-state index contributed by atoms with van der Waals surface area (Å²) in [4.78, 5) is 16.6. The molecule has 0 aliphatic carbocycles. The van der Waals surface area contributed by atoms with Crippen molar-refractivity contribution in [2.24, 2.45) is 0 Å². The molecule has 4 nitrogen and oxygen atoms in total. The number of hydrogen-bond donors (Lipinski definition) is 1. The molecule has 5 heteroatoms. The van der Waals surface area contributed by atoms with Crippen molar-refractivity contribution >= 4 is 17.2 Å². The van der Waals surface area contributed by atoms with Gasteiger partial charge in [-0.15, -0.1) is 11.3 Å². The molecule has 0 unspecified atom stereocenters. The number of rotatable bonds is 7. The van der Waals surface area contributed by atoms with E-state index in [2.05, 4.69) is 24.1 Å². The van der Waals surface area contributed by atoms with E-state index >= 15 is 0 Å². The van der Waals surface area contributed by atoms with Crippen LogP contribution < -0.4 is 10.1 Å². The minimum atomic E-state index is -0.0522. The van der Waals surface area contributed by atoms with Crippen LogP contribution in [0.2, 0.25) is 0 Å². The largest absolute Gasteiger partial charge is 0.487 e. The lowest BCUT2D eigenvalue weighted by Crippen LogP contribution is -2.33. The number of amides is 1. The van der Waals surface area contributed by atoms with E-state index in [0.717, 1.165) is 23.5 Å². The summed E-state index contributed by atoms with van der Waals surface area (Å²) in [6.45, 7) is 6.53. The number of benzene rings is 1. The third kappa shape index (κ3) is 4.56. The predicted octanol–water partition coefficient (Wildman–Crippen LogP) is 3.95. The first-order valence-electron chi connectivity index (χ1n) is 7.57. The van der Waals surface area contributed by atoms with Crippen molar-refractivity contribution in [1.82, 2.24) is 10.3 Å². The van der Waals surface area contributed by atoms with Crippen LogP contribution in [0.15, 0.2) is 29.6 Å². The lowest BCUT2D eigenvalue weighted by Gasteiger charge is -2.15. The van der Waals surface area contributed by atoms with Crippen LogP contribution >= 0.6 is 11.3 Å². The van der Waals surface area contributed by atoms with E-state index in [0.29, 0.717) is 17.9 Å². The third-order valence-corrected chi connectivity index (χ3v) is 4.29. The van der Waals surface area contributed by atoms with Gasteiger partial charge in [0.25, 0.3) is 5.91 Å². The Hall–Kier alpha value is -1.88. The van der Waals surface area contributed by atoms with Gasteiger partial charge in [-0.25, -0.2) is 4.98 Å². The summed E-state index contributed by atoms with van der Waals surface area (Å²) >= 11 is 1.60. The molecule has 1 N–H and O–H groups in total.